The van der Waals surface area contributed by atoms with Crippen LogP contribution in [0, 0.1) is 0 Å². The van der Waals surface area contributed by atoms with Crippen LogP contribution in [0.25, 0.3) is 0 Å². The molecule has 100 valence electrons. The Bertz CT molecular complexity index is 352. The molecule has 0 aromatic heterocycles. The van der Waals surface area contributed by atoms with E-state index >= 15 is 0 Å². The van der Waals surface area contributed by atoms with Gasteiger partial charge in [0, 0.05) is 0 Å². The highest BCUT2D eigenvalue weighted by Gasteiger charge is 2.32. The van der Waals surface area contributed by atoms with E-state index in [4.69, 9.17) is 5.73 Å². The zero-order chi connectivity index (χ0) is 13.0. The van der Waals surface area contributed by atoms with Crippen LogP contribution in [0.5, 0.6) is 0 Å². The number of rotatable bonds is 4. The summed E-state index contributed by atoms with van der Waals surface area (Å²) < 4.78 is 0. The van der Waals surface area contributed by atoms with E-state index in [0.29, 0.717) is 11.3 Å². The van der Waals surface area contributed by atoms with Gasteiger partial charge in [-0.2, -0.15) is 0 Å². The Labute approximate surface area is 112 Å². The van der Waals surface area contributed by atoms with Gasteiger partial charge in [0.05, 0.1) is 0 Å². The molecule has 1 aliphatic rings. The SMILES string of the molecule is CC(C)c1ccc(C2(CCN)CCCCC2)cc1. The maximum Gasteiger partial charge on any atom is -0.00350 e. The van der Waals surface area contributed by atoms with Gasteiger partial charge < -0.3 is 5.73 Å². The monoisotopic (exact) mass is 245 g/mol. The van der Waals surface area contributed by atoms with Crippen molar-refractivity contribution in [3.63, 3.8) is 0 Å². The van der Waals surface area contributed by atoms with Crippen LogP contribution in [0.15, 0.2) is 24.3 Å². The second-order valence-corrected chi connectivity index (χ2v) is 6.16. The summed E-state index contributed by atoms with van der Waals surface area (Å²) in [5, 5.41) is 0. The zero-order valence-electron chi connectivity index (χ0n) is 11.9. The number of hydrogen-bond acceptors (Lipinski definition) is 1. The van der Waals surface area contributed by atoms with E-state index in [1.165, 1.54) is 43.2 Å². The van der Waals surface area contributed by atoms with Gasteiger partial charge in [0.2, 0.25) is 0 Å². The molecule has 1 saturated carbocycles. The number of hydrogen-bond donors (Lipinski definition) is 1. The first-order chi connectivity index (χ1) is 8.68. The quantitative estimate of drug-likeness (QED) is 0.838. The van der Waals surface area contributed by atoms with E-state index in [2.05, 4.69) is 38.1 Å². The van der Waals surface area contributed by atoms with Crippen molar-refractivity contribution in [2.75, 3.05) is 6.54 Å². The first-order valence-corrected chi connectivity index (χ1v) is 7.48. The topological polar surface area (TPSA) is 26.0 Å². The fourth-order valence-corrected chi connectivity index (χ4v) is 3.41. The summed E-state index contributed by atoms with van der Waals surface area (Å²) in [4.78, 5) is 0. The van der Waals surface area contributed by atoms with Crippen LogP contribution in [0.4, 0.5) is 0 Å². The van der Waals surface area contributed by atoms with Gasteiger partial charge in [0.25, 0.3) is 0 Å². The summed E-state index contributed by atoms with van der Waals surface area (Å²) in [5.41, 5.74) is 9.20. The third kappa shape index (κ3) is 2.77. The van der Waals surface area contributed by atoms with E-state index in [1.54, 1.807) is 0 Å². The molecule has 1 aromatic carbocycles. The first-order valence-electron chi connectivity index (χ1n) is 7.48. The Kier molecular flexibility index (Phi) is 4.45. The molecule has 0 aliphatic heterocycles. The molecule has 0 saturated heterocycles. The molecule has 0 bridgehead atoms. The first kappa shape index (κ1) is 13.6. The van der Waals surface area contributed by atoms with Gasteiger partial charge in [0.15, 0.2) is 0 Å². The Morgan fingerprint density at radius 1 is 1.06 bits per heavy atom. The second kappa shape index (κ2) is 5.88. The minimum Gasteiger partial charge on any atom is -0.330 e. The summed E-state index contributed by atoms with van der Waals surface area (Å²) >= 11 is 0. The average molecular weight is 245 g/mol. The summed E-state index contributed by atoms with van der Waals surface area (Å²) in [6.07, 6.45) is 7.93. The predicted molar refractivity (Wildman–Crippen MR) is 79.0 cm³/mol. The van der Waals surface area contributed by atoms with Gasteiger partial charge in [0.1, 0.15) is 0 Å². The standard InChI is InChI=1S/C17H27N/c1-14(2)15-6-8-16(9-7-15)17(12-13-18)10-4-3-5-11-17/h6-9,14H,3-5,10-13,18H2,1-2H3. The number of nitrogens with two attached hydrogens (primary N) is 1. The van der Waals surface area contributed by atoms with Gasteiger partial charge in [-0.1, -0.05) is 57.4 Å². The Hall–Kier alpha value is -0.820. The van der Waals surface area contributed by atoms with Gasteiger partial charge in [-0.3, -0.25) is 0 Å². The third-order valence-electron chi connectivity index (χ3n) is 4.62. The summed E-state index contributed by atoms with van der Waals surface area (Å²) in [6.45, 7) is 5.32. The van der Waals surface area contributed by atoms with E-state index in [1.807, 2.05) is 0 Å². The Balaban J connectivity index is 2.24. The van der Waals surface area contributed by atoms with Crippen molar-refractivity contribution in [2.24, 2.45) is 5.73 Å². The minimum atomic E-state index is 0.377. The fraction of sp³-hybridized carbons (Fsp3) is 0.647. The lowest BCUT2D eigenvalue weighted by molar-refractivity contribution is 0.277. The molecule has 1 aliphatic carbocycles. The van der Waals surface area contributed by atoms with Crippen LogP contribution in [0.2, 0.25) is 0 Å². The van der Waals surface area contributed by atoms with Gasteiger partial charge in [-0.05, 0) is 48.3 Å². The van der Waals surface area contributed by atoms with E-state index in [0.717, 1.165) is 13.0 Å². The van der Waals surface area contributed by atoms with E-state index < -0.39 is 0 Å². The van der Waals surface area contributed by atoms with Crippen molar-refractivity contribution < 1.29 is 0 Å². The summed E-state index contributed by atoms with van der Waals surface area (Å²) in [7, 11) is 0. The highest BCUT2D eigenvalue weighted by atomic mass is 14.5. The molecule has 1 heteroatoms. The van der Waals surface area contributed by atoms with Crippen LogP contribution in [-0.4, -0.2) is 6.54 Å². The molecule has 0 radical (unpaired) electrons. The summed E-state index contributed by atoms with van der Waals surface area (Å²) in [5.74, 6) is 0.621. The largest absolute Gasteiger partial charge is 0.330 e. The Morgan fingerprint density at radius 3 is 2.17 bits per heavy atom. The molecule has 1 aromatic rings. The van der Waals surface area contributed by atoms with Crippen LogP contribution in [0.3, 0.4) is 0 Å². The molecule has 0 atom stereocenters. The molecule has 1 nitrogen and oxygen atoms in total. The fourth-order valence-electron chi connectivity index (χ4n) is 3.41. The predicted octanol–water partition coefficient (Wildman–Crippen LogP) is 4.36. The molecule has 2 N–H and O–H groups in total. The molecule has 18 heavy (non-hydrogen) atoms. The summed E-state index contributed by atoms with van der Waals surface area (Å²) in [6, 6.07) is 9.34. The smallest absolute Gasteiger partial charge is 0.00350 e. The molecular weight excluding hydrogens is 218 g/mol. The molecule has 0 heterocycles. The van der Waals surface area contributed by atoms with Crippen molar-refractivity contribution in [2.45, 2.75) is 63.7 Å². The lowest BCUT2D eigenvalue weighted by atomic mass is 9.67. The molecule has 0 unspecified atom stereocenters. The van der Waals surface area contributed by atoms with Crippen LogP contribution >= 0.6 is 0 Å². The normalized spacial score (nSPS) is 19.1. The van der Waals surface area contributed by atoms with Crippen molar-refractivity contribution in [3.8, 4) is 0 Å². The van der Waals surface area contributed by atoms with Crippen molar-refractivity contribution in [1.29, 1.82) is 0 Å². The van der Waals surface area contributed by atoms with Crippen LogP contribution in [-0.2, 0) is 5.41 Å². The van der Waals surface area contributed by atoms with Crippen molar-refractivity contribution in [1.82, 2.24) is 0 Å². The second-order valence-electron chi connectivity index (χ2n) is 6.16. The van der Waals surface area contributed by atoms with E-state index in [9.17, 15) is 0 Å². The third-order valence-corrected chi connectivity index (χ3v) is 4.62. The van der Waals surface area contributed by atoms with E-state index in [-0.39, 0.29) is 0 Å². The highest BCUT2D eigenvalue weighted by molar-refractivity contribution is 5.31. The number of benzene rings is 1. The van der Waals surface area contributed by atoms with Gasteiger partial charge in [-0.25, -0.2) is 0 Å². The van der Waals surface area contributed by atoms with Crippen LogP contribution < -0.4 is 5.73 Å². The average Bonchev–Trinajstić information content (AvgIpc) is 2.40. The lowest BCUT2D eigenvalue weighted by Crippen LogP contribution is -2.31. The maximum absolute atomic E-state index is 5.86. The molecular formula is C17H27N. The lowest BCUT2D eigenvalue weighted by Gasteiger charge is -2.38. The molecule has 0 spiro atoms. The molecule has 1 fully saturated rings. The molecule has 2 rings (SSSR count). The maximum atomic E-state index is 5.86. The highest BCUT2D eigenvalue weighted by Crippen LogP contribution is 2.42. The minimum absolute atomic E-state index is 0.377. The molecule has 0 amide bonds. The van der Waals surface area contributed by atoms with Crippen LogP contribution in [0.1, 0.15) is 69.4 Å². The van der Waals surface area contributed by atoms with Gasteiger partial charge >= 0.3 is 0 Å². The zero-order valence-corrected chi connectivity index (χ0v) is 11.9. The van der Waals surface area contributed by atoms with Gasteiger partial charge in [-0.15, -0.1) is 0 Å². The van der Waals surface area contributed by atoms with Crippen molar-refractivity contribution in [3.05, 3.63) is 35.4 Å². The Morgan fingerprint density at radius 2 is 1.67 bits per heavy atom. The van der Waals surface area contributed by atoms with Crippen molar-refractivity contribution >= 4 is 0 Å².